The molecule has 1 amide bonds. The Labute approximate surface area is 128 Å². The maximum atomic E-state index is 11.9. The van der Waals surface area contributed by atoms with Gasteiger partial charge in [0.1, 0.15) is 0 Å². The van der Waals surface area contributed by atoms with Gasteiger partial charge in [-0.05, 0) is 24.8 Å². The molecule has 0 atom stereocenters. The molecule has 1 fully saturated rings. The van der Waals surface area contributed by atoms with Gasteiger partial charge in [-0.15, -0.1) is 12.4 Å². The van der Waals surface area contributed by atoms with E-state index in [1.54, 1.807) is 6.92 Å². The Morgan fingerprint density at radius 3 is 2.35 bits per heavy atom. The molecule has 0 saturated heterocycles. The number of hydrogen-bond acceptors (Lipinski definition) is 4. The molecule has 0 bridgehead atoms. The Bertz CT molecular complexity index is 392. The molecule has 1 rings (SSSR count). The van der Waals surface area contributed by atoms with Gasteiger partial charge >= 0.3 is 0 Å². The second-order valence-electron chi connectivity index (χ2n) is 5.53. The lowest BCUT2D eigenvalue weighted by Crippen LogP contribution is -2.39. The van der Waals surface area contributed by atoms with Gasteiger partial charge in [-0.2, -0.15) is 0 Å². The zero-order chi connectivity index (χ0) is 14.4. The second kappa shape index (κ2) is 8.85. The average molecular weight is 327 g/mol. The van der Waals surface area contributed by atoms with Gasteiger partial charge in [0.25, 0.3) is 0 Å². The molecule has 7 heteroatoms. The molecule has 0 spiro atoms. The predicted octanol–water partition coefficient (Wildman–Crippen LogP) is 1.26. The fourth-order valence-corrected chi connectivity index (χ4v) is 3.35. The Morgan fingerprint density at radius 2 is 1.85 bits per heavy atom. The molecule has 0 aliphatic heterocycles. The summed E-state index contributed by atoms with van der Waals surface area (Å²) in [5.74, 6) is 0.0687. The summed E-state index contributed by atoms with van der Waals surface area (Å²) in [5, 5.41) is 2.71. The number of rotatable bonds is 7. The van der Waals surface area contributed by atoms with Crippen LogP contribution in [0.4, 0.5) is 0 Å². The van der Waals surface area contributed by atoms with E-state index in [-0.39, 0.29) is 41.8 Å². The Balaban J connectivity index is 0.00000361. The lowest BCUT2D eigenvalue weighted by atomic mass is 9.72. The zero-order valence-corrected chi connectivity index (χ0v) is 13.8. The molecule has 1 saturated carbocycles. The number of nitrogens with two attached hydrogens (primary N) is 1. The molecule has 0 aromatic rings. The molecule has 1 aliphatic rings. The van der Waals surface area contributed by atoms with E-state index in [1.165, 1.54) is 6.42 Å². The maximum absolute atomic E-state index is 11.9. The minimum absolute atomic E-state index is 0. The van der Waals surface area contributed by atoms with Crippen LogP contribution in [0.2, 0.25) is 0 Å². The first kappa shape index (κ1) is 19.7. The van der Waals surface area contributed by atoms with Crippen molar-refractivity contribution in [2.24, 2.45) is 11.1 Å². The summed E-state index contributed by atoms with van der Waals surface area (Å²) < 4.78 is 22.6. The maximum Gasteiger partial charge on any atom is 0.220 e. The number of nitrogens with one attached hydrogen (secondary N) is 1. The van der Waals surface area contributed by atoms with Crippen molar-refractivity contribution in [2.45, 2.75) is 45.4 Å². The molecular formula is C13H27ClN2O3S. The van der Waals surface area contributed by atoms with Crippen LogP contribution in [0.25, 0.3) is 0 Å². The molecule has 0 aromatic carbocycles. The molecule has 0 aromatic heterocycles. The average Bonchev–Trinajstić information content (AvgIpc) is 2.39. The van der Waals surface area contributed by atoms with Gasteiger partial charge in [-0.25, -0.2) is 8.42 Å². The normalized spacial score (nSPS) is 18.1. The molecule has 3 N–H and O–H groups in total. The van der Waals surface area contributed by atoms with Gasteiger partial charge in [0.2, 0.25) is 5.91 Å². The van der Waals surface area contributed by atoms with Gasteiger partial charge in [0.15, 0.2) is 9.84 Å². The van der Waals surface area contributed by atoms with Crippen molar-refractivity contribution in [1.82, 2.24) is 5.32 Å². The van der Waals surface area contributed by atoms with Crippen molar-refractivity contribution in [1.29, 1.82) is 0 Å². The van der Waals surface area contributed by atoms with Gasteiger partial charge in [0.05, 0.1) is 5.75 Å². The van der Waals surface area contributed by atoms with Crippen LogP contribution >= 0.6 is 12.4 Å². The van der Waals surface area contributed by atoms with Crippen molar-refractivity contribution in [2.75, 3.05) is 24.6 Å². The zero-order valence-electron chi connectivity index (χ0n) is 12.2. The molecular weight excluding hydrogens is 300 g/mol. The summed E-state index contributed by atoms with van der Waals surface area (Å²) >= 11 is 0. The van der Waals surface area contributed by atoms with E-state index in [0.717, 1.165) is 25.7 Å². The minimum atomic E-state index is -3.01. The molecule has 0 radical (unpaired) electrons. The van der Waals surface area contributed by atoms with E-state index in [0.29, 0.717) is 13.0 Å². The summed E-state index contributed by atoms with van der Waals surface area (Å²) in [7, 11) is -3.01. The van der Waals surface area contributed by atoms with Crippen molar-refractivity contribution in [3.8, 4) is 0 Å². The van der Waals surface area contributed by atoms with Crippen molar-refractivity contribution >= 4 is 28.2 Å². The first-order chi connectivity index (χ1) is 8.93. The summed E-state index contributed by atoms with van der Waals surface area (Å²) in [6, 6.07) is 0. The number of carbonyl (C=O) groups is 1. The molecule has 0 unspecified atom stereocenters. The molecule has 5 nitrogen and oxygen atoms in total. The highest BCUT2D eigenvalue weighted by molar-refractivity contribution is 7.91. The van der Waals surface area contributed by atoms with Crippen LogP contribution in [-0.4, -0.2) is 38.9 Å². The number of carbonyl (C=O) groups excluding carboxylic acids is 1. The predicted molar refractivity (Wildman–Crippen MR) is 83.8 cm³/mol. The van der Waals surface area contributed by atoms with Crippen molar-refractivity contribution in [3.63, 3.8) is 0 Å². The standard InChI is InChI=1S/C13H26N2O3S.ClH/c1-2-19(17,18)9-8-15-12(16)10-13(11-14)6-4-3-5-7-13;/h2-11,14H2,1H3,(H,15,16);1H. The molecule has 1 aliphatic carbocycles. The van der Waals surface area contributed by atoms with E-state index < -0.39 is 9.84 Å². The summed E-state index contributed by atoms with van der Waals surface area (Å²) in [6.07, 6.45) is 5.92. The van der Waals surface area contributed by atoms with Crippen LogP contribution in [-0.2, 0) is 14.6 Å². The Kier molecular flexibility index (Phi) is 8.70. The second-order valence-corrected chi connectivity index (χ2v) is 8.00. The van der Waals surface area contributed by atoms with Crippen molar-refractivity contribution < 1.29 is 13.2 Å². The minimum Gasteiger partial charge on any atom is -0.355 e. The van der Waals surface area contributed by atoms with E-state index in [2.05, 4.69) is 5.32 Å². The first-order valence-corrected chi connectivity index (χ1v) is 8.92. The summed E-state index contributed by atoms with van der Waals surface area (Å²) in [6.45, 7) is 2.35. The lowest BCUT2D eigenvalue weighted by Gasteiger charge is -2.35. The lowest BCUT2D eigenvalue weighted by molar-refractivity contribution is -0.123. The number of amides is 1. The van der Waals surface area contributed by atoms with E-state index in [9.17, 15) is 13.2 Å². The van der Waals surface area contributed by atoms with Crippen LogP contribution in [0, 0.1) is 5.41 Å². The number of sulfone groups is 1. The number of hydrogen-bond donors (Lipinski definition) is 2. The largest absolute Gasteiger partial charge is 0.355 e. The Morgan fingerprint density at radius 1 is 1.25 bits per heavy atom. The monoisotopic (exact) mass is 326 g/mol. The quantitative estimate of drug-likeness (QED) is 0.737. The fourth-order valence-electron chi connectivity index (χ4n) is 2.65. The van der Waals surface area contributed by atoms with Gasteiger partial charge in [-0.1, -0.05) is 26.2 Å². The number of halogens is 1. The summed E-state index contributed by atoms with van der Waals surface area (Å²) in [4.78, 5) is 11.9. The third kappa shape index (κ3) is 6.41. The van der Waals surface area contributed by atoms with Gasteiger partial charge in [-0.3, -0.25) is 4.79 Å². The van der Waals surface area contributed by atoms with E-state index in [4.69, 9.17) is 5.73 Å². The van der Waals surface area contributed by atoms with Crippen LogP contribution in [0.5, 0.6) is 0 Å². The Hall–Kier alpha value is -0.330. The van der Waals surface area contributed by atoms with E-state index >= 15 is 0 Å². The van der Waals surface area contributed by atoms with Crippen LogP contribution < -0.4 is 11.1 Å². The third-order valence-corrected chi connectivity index (χ3v) is 5.76. The molecule has 120 valence electrons. The van der Waals surface area contributed by atoms with Gasteiger partial charge in [0, 0.05) is 18.7 Å². The van der Waals surface area contributed by atoms with Crippen LogP contribution in [0.15, 0.2) is 0 Å². The summed E-state index contributed by atoms with van der Waals surface area (Å²) in [5.41, 5.74) is 5.77. The first-order valence-electron chi connectivity index (χ1n) is 7.10. The highest BCUT2D eigenvalue weighted by atomic mass is 35.5. The molecule has 20 heavy (non-hydrogen) atoms. The smallest absolute Gasteiger partial charge is 0.220 e. The highest BCUT2D eigenvalue weighted by Gasteiger charge is 2.32. The molecule has 0 heterocycles. The highest BCUT2D eigenvalue weighted by Crippen LogP contribution is 2.38. The van der Waals surface area contributed by atoms with E-state index in [1.807, 2.05) is 0 Å². The topological polar surface area (TPSA) is 89.3 Å². The fraction of sp³-hybridized carbons (Fsp3) is 0.923. The van der Waals surface area contributed by atoms with Crippen LogP contribution in [0.1, 0.15) is 45.4 Å². The van der Waals surface area contributed by atoms with Gasteiger partial charge < -0.3 is 11.1 Å². The SMILES string of the molecule is CCS(=O)(=O)CCNC(=O)CC1(CN)CCCCC1.Cl. The van der Waals surface area contributed by atoms with Crippen molar-refractivity contribution in [3.05, 3.63) is 0 Å². The third-order valence-electron chi connectivity index (χ3n) is 4.06. The van der Waals surface area contributed by atoms with Crippen LogP contribution in [0.3, 0.4) is 0 Å².